The second kappa shape index (κ2) is 5.02. The van der Waals surface area contributed by atoms with Gasteiger partial charge in [-0.15, -0.1) is 0 Å². The number of benzene rings is 1. The first kappa shape index (κ1) is 12.1. The third-order valence-corrected chi connectivity index (χ3v) is 4.83. The summed E-state index contributed by atoms with van der Waals surface area (Å²) in [5, 5.41) is 0. The van der Waals surface area contributed by atoms with Crippen molar-refractivity contribution in [2.75, 3.05) is 6.54 Å². The Bertz CT molecular complexity index is 593. The number of likely N-dealkylation sites (tertiary alicyclic amines) is 1. The fourth-order valence-electron chi connectivity index (χ4n) is 3.83. The van der Waals surface area contributed by atoms with E-state index in [2.05, 4.69) is 52.3 Å². The highest BCUT2D eigenvalue weighted by molar-refractivity contribution is 5.29. The molecular weight excluding hydrogens is 244 g/mol. The summed E-state index contributed by atoms with van der Waals surface area (Å²) in [6, 6.07) is 15.9. The topological polar surface area (TPSA) is 16.1 Å². The van der Waals surface area contributed by atoms with Crippen molar-refractivity contribution < 1.29 is 0 Å². The zero-order valence-electron chi connectivity index (χ0n) is 11.7. The van der Waals surface area contributed by atoms with Gasteiger partial charge in [0.25, 0.3) is 0 Å². The zero-order valence-corrected chi connectivity index (χ0v) is 11.7. The molecule has 1 aliphatic carbocycles. The average molecular weight is 264 g/mol. The van der Waals surface area contributed by atoms with Crippen LogP contribution in [0.4, 0.5) is 0 Å². The van der Waals surface area contributed by atoms with Gasteiger partial charge in [-0.1, -0.05) is 36.4 Å². The van der Waals surface area contributed by atoms with Crippen molar-refractivity contribution in [1.82, 2.24) is 9.88 Å². The summed E-state index contributed by atoms with van der Waals surface area (Å²) in [6.07, 6.45) is 5.67. The fraction of sp³-hybridized carbons (Fsp3) is 0.389. The molecule has 1 aliphatic heterocycles. The lowest BCUT2D eigenvalue weighted by atomic mass is 9.78. The molecule has 2 nitrogen and oxygen atoms in total. The average Bonchev–Trinajstić information content (AvgIpc) is 2.51. The Labute approximate surface area is 120 Å². The molecule has 0 saturated carbocycles. The van der Waals surface area contributed by atoms with Crippen LogP contribution in [-0.4, -0.2) is 22.5 Å². The van der Waals surface area contributed by atoms with Crippen molar-refractivity contribution in [3.05, 3.63) is 65.5 Å². The van der Waals surface area contributed by atoms with Gasteiger partial charge in [-0.3, -0.25) is 9.88 Å². The molecule has 4 rings (SSSR count). The minimum Gasteiger partial charge on any atom is -0.296 e. The molecule has 102 valence electrons. The summed E-state index contributed by atoms with van der Waals surface area (Å²) < 4.78 is 0. The number of piperidine rings is 1. The standard InChI is InChI=1S/C18H20N2/c1-2-5-14(6-3-1)13-20-10-8-16-12-17(20)11-15-7-4-9-19-18(15)16/h1-7,9,16-17H,8,10-13H2/t16?,17-/m1/s1. The van der Waals surface area contributed by atoms with E-state index in [1.807, 2.05) is 6.20 Å². The summed E-state index contributed by atoms with van der Waals surface area (Å²) >= 11 is 0. The first-order chi connectivity index (χ1) is 9.90. The van der Waals surface area contributed by atoms with E-state index in [0.29, 0.717) is 12.0 Å². The van der Waals surface area contributed by atoms with Gasteiger partial charge < -0.3 is 0 Å². The fourth-order valence-corrected chi connectivity index (χ4v) is 3.83. The molecule has 2 aromatic rings. The minimum absolute atomic E-state index is 0.692. The van der Waals surface area contributed by atoms with Crippen molar-refractivity contribution in [3.8, 4) is 0 Å². The zero-order chi connectivity index (χ0) is 13.4. The number of hydrogen-bond acceptors (Lipinski definition) is 2. The van der Waals surface area contributed by atoms with Crippen LogP contribution < -0.4 is 0 Å². The van der Waals surface area contributed by atoms with Crippen LogP contribution in [0.2, 0.25) is 0 Å². The quantitative estimate of drug-likeness (QED) is 0.826. The Morgan fingerprint density at radius 2 is 2.00 bits per heavy atom. The molecule has 0 spiro atoms. The summed E-state index contributed by atoms with van der Waals surface area (Å²) in [5.74, 6) is 0.692. The molecule has 2 bridgehead atoms. The van der Waals surface area contributed by atoms with Gasteiger partial charge in [-0.25, -0.2) is 0 Å². The summed E-state index contributed by atoms with van der Waals surface area (Å²) in [5.41, 5.74) is 4.29. The molecule has 1 unspecified atom stereocenters. The van der Waals surface area contributed by atoms with Gasteiger partial charge in [0.2, 0.25) is 0 Å². The van der Waals surface area contributed by atoms with Crippen molar-refractivity contribution in [1.29, 1.82) is 0 Å². The Morgan fingerprint density at radius 3 is 2.90 bits per heavy atom. The Kier molecular flexibility index (Phi) is 3.04. The van der Waals surface area contributed by atoms with Crippen LogP contribution in [0.25, 0.3) is 0 Å². The molecule has 1 saturated heterocycles. The molecule has 0 N–H and O–H groups in total. The largest absolute Gasteiger partial charge is 0.296 e. The number of rotatable bonds is 2. The van der Waals surface area contributed by atoms with E-state index < -0.39 is 0 Å². The molecule has 20 heavy (non-hydrogen) atoms. The van der Waals surface area contributed by atoms with E-state index in [4.69, 9.17) is 0 Å². The summed E-state index contributed by atoms with van der Waals surface area (Å²) in [6.45, 7) is 2.30. The molecule has 0 radical (unpaired) electrons. The van der Waals surface area contributed by atoms with Crippen molar-refractivity contribution >= 4 is 0 Å². The molecule has 2 aliphatic rings. The normalized spacial score (nSPS) is 25.2. The van der Waals surface area contributed by atoms with Crippen molar-refractivity contribution in [2.24, 2.45) is 0 Å². The molecule has 2 atom stereocenters. The SMILES string of the molecule is c1ccc(CN2CCC3C[C@H]2Cc2cccnc23)cc1. The third kappa shape index (κ3) is 2.14. The number of pyridine rings is 1. The molecule has 0 amide bonds. The maximum absolute atomic E-state index is 4.63. The van der Waals surface area contributed by atoms with Crippen LogP contribution in [0.5, 0.6) is 0 Å². The molecule has 2 heterocycles. The monoisotopic (exact) mass is 264 g/mol. The highest BCUT2D eigenvalue weighted by atomic mass is 15.2. The van der Waals surface area contributed by atoms with Crippen LogP contribution in [0.15, 0.2) is 48.7 Å². The predicted molar refractivity (Wildman–Crippen MR) is 80.6 cm³/mol. The van der Waals surface area contributed by atoms with Crippen LogP contribution >= 0.6 is 0 Å². The lowest BCUT2D eigenvalue weighted by Crippen LogP contribution is -2.45. The van der Waals surface area contributed by atoms with E-state index in [9.17, 15) is 0 Å². The highest BCUT2D eigenvalue weighted by Crippen LogP contribution is 2.38. The molecule has 1 fully saturated rings. The number of nitrogens with zero attached hydrogens (tertiary/aromatic N) is 2. The lowest BCUT2D eigenvalue weighted by molar-refractivity contribution is 0.115. The third-order valence-electron chi connectivity index (χ3n) is 4.83. The Hall–Kier alpha value is -1.67. The molecule has 2 heteroatoms. The maximum Gasteiger partial charge on any atom is 0.0468 e. The van der Waals surface area contributed by atoms with E-state index in [-0.39, 0.29) is 0 Å². The van der Waals surface area contributed by atoms with Gasteiger partial charge in [0.1, 0.15) is 0 Å². The van der Waals surface area contributed by atoms with Gasteiger partial charge in [0.15, 0.2) is 0 Å². The lowest BCUT2D eigenvalue weighted by Gasteiger charge is -2.43. The Morgan fingerprint density at radius 1 is 1.10 bits per heavy atom. The second-order valence-corrected chi connectivity index (χ2v) is 6.08. The number of fused-ring (bicyclic) bond motifs is 4. The van der Waals surface area contributed by atoms with E-state index in [0.717, 1.165) is 6.54 Å². The first-order valence-corrected chi connectivity index (χ1v) is 7.62. The van der Waals surface area contributed by atoms with Gasteiger partial charge in [-0.05, 0) is 43.0 Å². The van der Waals surface area contributed by atoms with Gasteiger partial charge in [-0.2, -0.15) is 0 Å². The van der Waals surface area contributed by atoms with Gasteiger partial charge in [0.05, 0.1) is 0 Å². The predicted octanol–water partition coefficient (Wildman–Crippen LogP) is 3.39. The summed E-state index contributed by atoms with van der Waals surface area (Å²) in [4.78, 5) is 7.30. The maximum atomic E-state index is 4.63. The molecular formula is C18H20N2. The van der Waals surface area contributed by atoms with Crippen LogP contribution in [0, 0.1) is 0 Å². The van der Waals surface area contributed by atoms with Gasteiger partial charge in [0, 0.05) is 30.4 Å². The van der Waals surface area contributed by atoms with E-state index >= 15 is 0 Å². The van der Waals surface area contributed by atoms with E-state index in [1.165, 1.54) is 42.6 Å². The Balaban J connectivity index is 1.56. The van der Waals surface area contributed by atoms with Crippen LogP contribution in [0.1, 0.15) is 35.6 Å². The van der Waals surface area contributed by atoms with Crippen LogP contribution in [0.3, 0.4) is 0 Å². The van der Waals surface area contributed by atoms with Crippen LogP contribution in [-0.2, 0) is 13.0 Å². The minimum atomic E-state index is 0.692. The van der Waals surface area contributed by atoms with Gasteiger partial charge >= 0.3 is 0 Å². The van der Waals surface area contributed by atoms with Crippen molar-refractivity contribution in [3.63, 3.8) is 0 Å². The number of aromatic nitrogens is 1. The number of hydrogen-bond donors (Lipinski definition) is 0. The smallest absolute Gasteiger partial charge is 0.0468 e. The molecule has 1 aromatic carbocycles. The van der Waals surface area contributed by atoms with Crippen molar-refractivity contribution in [2.45, 2.75) is 37.8 Å². The first-order valence-electron chi connectivity index (χ1n) is 7.62. The molecule has 1 aromatic heterocycles. The van der Waals surface area contributed by atoms with E-state index in [1.54, 1.807) is 0 Å². The highest BCUT2D eigenvalue weighted by Gasteiger charge is 2.35. The summed E-state index contributed by atoms with van der Waals surface area (Å²) in [7, 11) is 0. The second-order valence-electron chi connectivity index (χ2n) is 6.08.